The predicted octanol–water partition coefficient (Wildman–Crippen LogP) is 3.11. The average Bonchev–Trinajstić information content (AvgIpc) is 2.96. The van der Waals surface area contributed by atoms with E-state index in [1.807, 2.05) is 6.92 Å². The van der Waals surface area contributed by atoms with Crippen LogP contribution < -0.4 is 10.9 Å². The molecule has 1 aliphatic rings. The van der Waals surface area contributed by atoms with E-state index in [1.54, 1.807) is 12.1 Å². The fourth-order valence-corrected chi connectivity index (χ4v) is 4.62. The predicted molar refractivity (Wildman–Crippen MR) is 108 cm³/mol. The molecule has 1 unspecified atom stereocenters. The zero-order valence-electron chi connectivity index (χ0n) is 14.9. The van der Waals surface area contributed by atoms with Crippen molar-refractivity contribution in [1.29, 1.82) is 0 Å². The maximum absolute atomic E-state index is 13.3. The van der Waals surface area contributed by atoms with Gasteiger partial charge in [0, 0.05) is 17.0 Å². The molecule has 1 atom stereocenters. The van der Waals surface area contributed by atoms with E-state index in [-0.39, 0.29) is 30.3 Å². The summed E-state index contributed by atoms with van der Waals surface area (Å²) in [6, 6.07) is 6.14. The molecule has 0 amide bonds. The monoisotopic (exact) mass is 409 g/mol. The first-order chi connectivity index (χ1) is 12.5. The number of nitrogens with one attached hydrogen (secondary N) is 1. The molecule has 1 aromatic carbocycles. The molecule has 27 heavy (non-hydrogen) atoms. The van der Waals surface area contributed by atoms with Crippen LogP contribution in [0.25, 0.3) is 21.3 Å². The third kappa shape index (κ3) is 3.78. The lowest BCUT2D eigenvalue weighted by molar-refractivity contribution is -0.000241. The van der Waals surface area contributed by atoms with Crippen LogP contribution in [0.4, 0.5) is 4.39 Å². The third-order valence-corrected chi connectivity index (χ3v) is 5.92. The van der Waals surface area contributed by atoms with E-state index >= 15 is 0 Å². The molecule has 5 nitrogen and oxygen atoms in total. The topological polar surface area (TPSA) is 67.2 Å². The second-order valence-electron chi connectivity index (χ2n) is 6.90. The maximum Gasteiger partial charge on any atom is 0.262 e. The van der Waals surface area contributed by atoms with Crippen LogP contribution in [0.2, 0.25) is 0 Å². The molecule has 0 aliphatic carbocycles. The van der Waals surface area contributed by atoms with E-state index in [4.69, 9.17) is 0 Å². The minimum atomic E-state index is -0.946. The van der Waals surface area contributed by atoms with Crippen molar-refractivity contribution in [2.24, 2.45) is 0 Å². The minimum Gasteiger partial charge on any atom is -0.387 e. The summed E-state index contributed by atoms with van der Waals surface area (Å²) in [6.07, 6.45) is 3.04. The molecule has 0 saturated carbocycles. The Morgan fingerprint density at radius 1 is 1.37 bits per heavy atom. The van der Waals surface area contributed by atoms with Gasteiger partial charge in [-0.3, -0.25) is 9.36 Å². The number of nitrogens with zero attached hydrogens (tertiary/aromatic N) is 2. The van der Waals surface area contributed by atoms with E-state index in [2.05, 4.69) is 10.3 Å². The molecule has 1 saturated heterocycles. The molecule has 3 aromatic rings. The summed E-state index contributed by atoms with van der Waals surface area (Å²) in [5.41, 5.74) is 0.478. The van der Waals surface area contributed by atoms with E-state index in [1.165, 1.54) is 34.4 Å². The molecule has 8 heteroatoms. The average molecular weight is 410 g/mol. The van der Waals surface area contributed by atoms with Crippen molar-refractivity contribution in [3.05, 3.63) is 51.6 Å². The number of aryl methyl sites for hydroxylation is 1. The number of fused-ring (bicyclic) bond motifs is 1. The lowest BCUT2D eigenvalue weighted by atomic mass is 9.94. The van der Waals surface area contributed by atoms with Crippen LogP contribution in [0, 0.1) is 12.7 Å². The van der Waals surface area contributed by atoms with Crippen molar-refractivity contribution in [3.63, 3.8) is 0 Å². The number of benzene rings is 1. The number of piperidine rings is 1. The van der Waals surface area contributed by atoms with Crippen molar-refractivity contribution >= 4 is 34.0 Å². The Kier molecular flexibility index (Phi) is 5.67. The zero-order chi connectivity index (χ0) is 18.3. The second kappa shape index (κ2) is 7.67. The summed E-state index contributed by atoms with van der Waals surface area (Å²) in [6.45, 7) is 3.49. The molecule has 0 bridgehead atoms. The zero-order valence-corrected chi connectivity index (χ0v) is 16.5. The number of halogens is 2. The van der Waals surface area contributed by atoms with Gasteiger partial charge in [0.25, 0.3) is 5.56 Å². The summed E-state index contributed by atoms with van der Waals surface area (Å²) < 4.78 is 14.8. The molecule has 2 N–H and O–H groups in total. The third-order valence-electron chi connectivity index (χ3n) is 4.90. The second-order valence-corrected chi connectivity index (χ2v) is 8.11. The van der Waals surface area contributed by atoms with Crippen LogP contribution in [0.1, 0.15) is 17.7 Å². The number of β-amino-alcohol motifs (C(OH)–C–C–N with tert-alkyl or cyclic N) is 1. The number of hydrogen-bond donors (Lipinski definition) is 2. The maximum atomic E-state index is 13.3. The largest absolute Gasteiger partial charge is 0.387 e. The summed E-state index contributed by atoms with van der Waals surface area (Å²) in [4.78, 5) is 19.2. The first-order valence-electron chi connectivity index (χ1n) is 8.64. The van der Waals surface area contributed by atoms with Crippen molar-refractivity contribution in [2.45, 2.75) is 31.9 Å². The highest BCUT2D eigenvalue weighted by atomic mass is 35.5. The highest BCUT2D eigenvalue weighted by Gasteiger charge is 2.30. The molecule has 1 aliphatic heterocycles. The van der Waals surface area contributed by atoms with Gasteiger partial charge in [-0.15, -0.1) is 23.7 Å². The minimum absolute atomic E-state index is 0. The Labute approximate surface area is 166 Å². The van der Waals surface area contributed by atoms with Crippen LogP contribution in [0.5, 0.6) is 0 Å². The number of aromatic nitrogens is 2. The fourth-order valence-electron chi connectivity index (χ4n) is 3.62. The Balaban J connectivity index is 0.00000210. The highest BCUT2D eigenvalue weighted by Crippen LogP contribution is 2.35. The van der Waals surface area contributed by atoms with Crippen LogP contribution in [-0.4, -0.2) is 33.3 Å². The summed E-state index contributed by atoms with van der Waals surface area (Å²) in [5.74, 6) is -0.312. The quantitative estimate of drug-likeness (QED) is 0.697. The Morgan fingerprint density at radius 2 is 2.11 bits per heavy atom. The molecule has 1 fully saturated rings. The Bertz CT molecular complexity index is 1010. The van der Waals surface area contributed by atoms with Gasteiger partial charge in [0.1, 0.15) is 10.6 Å². The van der Waals surface area contributed by atoms with Gasteiger partial charge >= 0.3 is 0 Å². The van der Waals surface area contributed by atoms with Gasteiger partial charge in [-0.2, -0.15) is 0 Å². The molecule has 144 valence electrons. The molecule has 0 spiro atoms. The smallest absolute Gasteiger partial charge is 0.262 e. The molecular weight excluding hydrogens is 389 g/mol. The van der Waals surface area contributed by atoms with Gasteiger partial charge in [-0.1, -0.05) is 12.1 Å². The summed E-state index contributed by atoms with van der Waals surface area (Å²) in [5, 5.41) is 14.5. The van der Waals surface area contributed by atoms with Gasteiger partial charge in [0.15, 0.2) is 0 Å². The summed E-state index contributed by atoms with van der Waals surface area (Å²) >= 11 is 1.45. The Hall–Kier alpha value is -1.80. The van der Waals surface area contributed by atoms with E-state index in [0.717, 1.165) is 29.0 Å². The summed E-state index contributed by atoms with van der Waals surface area (Å²) in [7, 11) is 0. The lowest BCUT2D eigenvalue weighted by Gasteiger charge is -2.32. The van der Waals surface area contributed by atoms with Gasteiger partial charge in [0.2, 0.25) is 0 Å². The number of aliphatic hydroxyl groups is 1. The van der Waals surface area contributed by atoms with Crippen LogP contribution in [0.3, 0.4) is 0 Å². The van der Waals surface area contributed by atoms with E-state index < -0.39 is 5.60 Å². The normalized spacial score (nSPS) is 19.8. The first kappa shape index (κ1) is 19.9. The van der Waals surface area contributed by atoms with Gasteiger partial charge in [-0.25, -0.2) is 9.37 Å². The number of thiophene rings is 1. The lowest BCUT2D eigenvalue weighted by Crippen LogP contribution is -2.49. The van der Waals surface area contributed by atoms with Gasteiger partial charge in [-0.05, 0) is 44.0 Å². The van der Waals surface area contributed by atoms with Crippen LogP contribution >= 0.6 is 23.7 Å². The Morgan fingerprint density at radius 3 is 2.78 bits per heavy atom. The number of rotatable bonds is 3. The molecular formula is C19H21ClFN3O2S. The van der Waals surface area contributed by atoms with Crippen molar-refractivity contribution in [3.8, 4) is 11.1 Å². The van der Waals surface area contributed by atoms with Crippen molar-refractivity contribution < 1.29 is 9.50 Å². The fraction of sp³-hybridized carbons (Fsp3) is 0.368. The van der Waals surface area contributed by atoms with Gasteiger partial charge < -0.3 is 10.4 Å². The van der Waals surface area contributed by atoms with E-state index in [0.29, 0.717) is 23.2 Å². The standard InChI is InChI=1S/C19H20FN3O2S.ClH/c1-12-15(13-3-5-14(20)6-4-13)16-17(26-12)22-11-23(18(16)24)10-19(25)7-2-8-21-9-19;/h3-6,11,21,25H,2,7-10H2,1H3;1H. The SMILES string of the molecule is Cc1sc2ncn(CC3(O)CCCNC3)c(=O)c2c1-c1ccc(F)cc1.Cl. The van der Waals surface area contributed by atoms with E-state index in [9.17, 15) is 14.3 Å². The van der Waals surface area contributed by atoms with Crippen LogP contribution in [-0.2, 0) is 6.54 Å². The molecule has 4 rings (SSSR count). The molecule has 0 radical (unpaired) electrons. The molecule has 3 heterocycles. The molecule has 2 aromatic heterocycles. The highest BCUT2D eigenvalue weighted by molar-refractivity contribution is 7.19. The van der Waals surface area contributed by atoms with Crippen molar-refractivity contribution in [1.82, 2.24) is 14.9 Å². The van der Waals surface area contributed by atoms with Crippen LogP contribution in [0.15, 0.2) is 35.4 Å². The van der Waals surface area contributed by atoms with Gasteiger partial charge in [0.05, 0.1) is 23.9 Å². The number of hydrogen-bond acceptors (Lipinski definition) is 5. The van der Waals surface area contributed by atoms with Crippen molar-refractivity contribution in [2.75, 3.05) is 13.1 Å². The first-order valence-corrected chi connectivity index (χ1v) is 9.46.